The zero-order chi connectivity index (χ0) is 22.5. The van der Waals surface area contributed by atoms with E-state index in [-0.39, 0.29) is 11.3 Å². The summed E-state index contributed by atoms with van der Waals surface area (Å²) in [5, 5.41) is 11.1. The Kier molecular flexibility index (Phi) is 7.07. The maximum Gasteiger partial charge on any atom is 0.295 e. The summed E-state index contributed by atoms with van der Waals surface area (Å²) in [7, 11) is 1.58. The normalized spacial score (nSPS) is 18.1. The number of likely N-dealkylation sites (tertiary alicyclic amines) is 1. The first-order valence-electron chi connectivity index (χ1n) is 10.5. The summed E-state index contributed by atoms with van der Waals surface area (Å²) in [6, 6.07) is 8.06. The number of aliphatic hydroxyl groups excluding tert-OH is 1. The van der Waals surface area contributed by atoms with Gasteiger partial charge in [0.05, 0.1) is 18.7 Å². The molecule has 0 saturated carbocycles. The molecule has 0 aliphatic carbocycles. The molecule has 7 heteroatoms. The highest BCUT2D eigenvalue weighted by atomic mass is 16.5. The first-order chi connectivity index (χ1) is 14.9. The number of hydrogen-bond acceptors (Lipinski definition) is 6. The standard InChI is InChI=1S/C24H29N3O4/c1-5-26(6-2)12-13-27-21(18-8-7-11-25-15-18)20(23(29)24(27)30)22(28)17-9-10-19(31-4)16(3)14-17/h7-11,14-15,21,28H,5-6,12-13H2,1-4H3/b22-20+/t21-/m1/s1. The summed E-state index contributed by atoms with van der Waals surface area (Å²) >= 11 is 0. The third-order valence-electron chi connectivity index (χ3n) is 5.76. The molecule has 0 spiro atoms. The highest BCUT2D eigenvalue weighted by molar-refractivity contribution is 6.46. The summed E-state index contributed by atoms with van der Waals surface area (Å²) in [6.07, 6.45) is 3.27. The number of aliphatic hydroxyl groups is 1. The summed E-state index contributed by atoms with van der Waals surface area (Å²) in [5.74, 6) is -0.796. The van der Waals surface area contributed by atoms with Crippen LogP contribution in [-0.4, -0.2) is 64.9 Å². The van der Waals surface area contributed by atoms with E-state index in [9.17, 15) is 14.7 Å². The second-order valence-electron chi connectivity index (χ2n) is 7.49. The van der Waals surface area contributed by atoms with E-state index in [0.29, 0.717) is 30.0 Å². The molecule has 2 heterocycles. The number of likely N-dealkylation sites (N-methyl/N-ethyl adjacent to an activating group) is 1. The van der Waals surface area contributed by atoms with Crippen molar-refractivity contribution in [2.24, 2.45) is 0 Å². The van der Waals surface area contributed by atoms with E-state index < -0.39 is 17.7 Å². The van der Waals surface area contributed by atoms with Crippen LogP contribution in [0.5, 0.6) is 5.75 Å². The molecule has 1 fully saturated rings. The Hall–Kier alpha value is -3.19. The lowest BCUT2D eigenvalue weighted by Crippen LogP contribution is -2.38. The van der Waals surface area contributed by atoms with E-state index in [1.54, 1.807) is 48.7 Å². The van der Waals surface area contributed by atoms with Gasteiger partial charge < -0.3 is 19.6 Å². The highest BCUT2D eigenvalue weighted by Crippen LogP contribution is 2.39. The molecular formula is C24H29N3O4. The van der Waals surface area contributed by atoms with E-state index in [2.05, 4.69) is 23.7 Å². The fraction of sp³-hybridized carbons (Fsp3) is 0.375. The average Bonchev–Trinajstić information content (AvgIpc) is 3.04. The first-order valence-corrected chi connectivity index (χ1v) is 10.5. The monoisotopic (exact) mass is 423 g/mol. The van der Waals surface area contributed by atoms with E-state index in [4.69, 9.17) is 4.74 Å². The van der Waals surface area contributed by atoms with Gasteiger partial charge in [0.25, 0.3) is 11.7 Å². The molecule has 164 valence electrons. The number of carbonyl (C=O) groups excluding carboxylic acids is 2. The van der Waals surface area contributed by atoms with Crippen molar-refractivity contribution in [2.45, 2.75) is 26.8 Å². The molecule has 7 nitrogen and oxygen atoms in total. The number of aryl methyl sites for hydroxylation is 1. The number of benzene rings is 1. The largest absolute Gasteiger partial charge is 0.507 e. The van der Waals surface area contributed by atoms with Gasteiger partial charge in [0.15, 0.2) is 0 Å². The molecular weight excluding hydrogens is 394 g/mol. The van der Waals surface area contributed by atoms with Gasteiger partial charge in [-0.1, -0.05) is 19.9 Å². The van der Waals surface area contributed by atoms with Crippen molar-refractivity contribution >= 4 is 17.4 Å². The lowest BCUT2D eigenvalue weighted by atomic mass is 9.95. The maximum absolute atomic E-state index is 13.0. The molecule has 1 aliphatic rings. The number of methoxy groups -OCH3 is 1. The highest BCUT2D eigenvalue weighted by Gasteiger charge is 2.46. The number of aromatic nitrogens is 1. The molecule has 0 unspecified atom stereocenters. The number of Topliss-reactive ketones (excluding diaryl/α,β-unsaturated/α-hetero) is 1. The quantitative estimate of drug-likeness (QED) is 0.399. The van der Waals surface area contributed by atoms with Gasteiger partial charge in [-0.15, -0.1) is 0 Å². The number of carbonyl (C=O) groups is 2. The molecule has 31 heavy (non-hydrogen) atoms. The van der Waals surface area contributed by atoms with Crippen molar-refractivity contribution in [3.63, 3.8) is 0 Å². The predicted octanol–water partition coefficient (Wildman–Crippen LogP) is 3.16. The molecule has 1 N–H and O–H groups in total. The minimum absolute atomic E-state index is 0.0853. The van der Waals surface area contributed by atoms with Crippen LogP contribution in [0.3, 0.4) is 0 Å². The number of hydrogen-bond donors (Lipinski definition) is 1. The fourth-order valence-corrected chi connectivity index (χ4v) is 3.97. The van der Waals surface area contributed by atoms with Crippen LogP contribution in [0.1, 0.15) is 36.6 Å². The second kappa shape index (κ2) is 9.75. The summed E-state index contributed by atoms with van der Waals surface area (Å²) in [4.78, 5) is 33.9. The third-order valence-corrected chi connectivity index (χ3v) is 5.76. The van der Waals surface area contributed by atoms with Gasteiger partial charge in [-0.25, -0.2) is 0 Å². The number of pyridine rings is 1. The van der Waals surface area contributed by atoms with Crippen LogP contribution in [0.15, 0.2) is 48.3 Å². The van der Waals surface area contributed by atoms with E-state index in [0.717, 1.165) is 18.7 Å². The zero-order valence-corrected chi connectivity index (χ0v) is 18.5. The Balaban J connectivity index is 2.08. The number of rotatable bonds is 8. The van der Waals surface area contributed by atoms with Crippen molar-refractivity contribution < 1.29 is 19.4 Å². The molecule has 1 atom stereocenters. The van der Waals surface area contributed by atoms with Gasteiger partial charge in [0, 0.05) is 31.0 Å². The van der Waals surface area contributed by atoms with Gasteiger partial charge >= 0.3 is 0 Å². The Morgan fingerprint density at radius 1 is 1.23 bits per heavy atom. The summed E-state index contributed by atoms with van der Waals surface area (Å²) in [5.41, 5.74) is 2.06. The third kappa shape index (κ3) is 4.46. The molecule has 1 aliphatic heterocycles. The molecule has 1 aromatic heterocycles. The first kappa shape index (κ1) is 22.5. The molecule has 1 saturated heterocycles. The minimum atomic E-state index is -0.688. The van der Waals surface area contributed by atoms with E-state index >= 15 is 0 Å². The predicted molar refractivity (Wildman–Crippen MR) is 119 cm³/mol. The smallest absolute Gasteiger partial charge is 0.295 e. The topological polar surface area (TPSA) is 83.0 Å². The Bertz CT molecular complexity index is 984. The molecule has 3 rings (SSSR count). The minimum Gasteiger partial charge on any atom is -0.507 e. The Morgan fingerprint density at radius 3 is 2.55 bits per heavy atom. The van der Waals surface area contributed by atoms with Crippen LogP contribution in [0.4, 0.5) is 0 Å². The Morgan fingerprint density at radius 2 is 1.97 bits per heavy atom. The van der Waals surface area contributed by atoms with Crippen molar-refractivity contribution in [2.75, 3.05) is 33.3 Å². The Labute approximate surface area is 183 Å². The number of amides is 1. The van der Waals surface area contributed by atoms with Gasteiger partial charge in [-0.2, -0.15) is 0 Å². The van der Waals surface area contributed by atoms with Crippen molar-refractivity contribution in [3.05, 3.63) is 65.0 Å². The fourth-order valence-electron chi connectivity index (χ4n) is 3.97. The van der Waals surface area contributed by atoms with Crippen LogP contribution in [0.25, 0.3) is 5.76 Å². The van der Waals surface area contributed by atoms with Crippen LogP contribution < -0.4 is 4.74 Å². The summed E-state index contributed by atoms with van der Waals surface area (Å²) < 4.78 is 5.29. The molecule has 0 bridgehead atoms. The maximum atomic E-state index is 13.0. The van der Waals surface area contributed by atoms with Crippen molar-refractivity contribution in [1.29, 1.82) is 0 Å². The number of ketones is 1. The lowest BCUT2D eigenvalue weighted by molar-refractivity contribution is -0.140. The average molecular weight is 424 g/mol. The molecule has 1 amide bonds. The van der Waals surface area contributed by atoms with E-state index in [1.807, 2.05) is 13.0 Å². The van der Waals surface area contributed by atoms with Gasteiger partial charge in [-0.3, -0.25) is 14.6 Å². The SMILES string of the molecule is CCN(CC)CCN1C(=O)C(=O)/C(=C(/O)c2ccc(OC)c(C)c2)[C@H]1c1cccnc1. The number of nitrogens with zero attached hydrogens (tertiary/aromatic N) is 3. The number of ether oxygens (including phenoxy) is 1. The lowest BCUT2D eigenvalue weighted by Gasteiger charge is -2.28. The summed E-state index contributed by atoms with van der Waals surface area (Å²) in [6.45, 7) is 8.69. The van der Waals surface area contributed by atoms with Crippen molar-refractivity contribution in [3.8, 4) is 5.75 Å². The molecule has 0 radical (unpaired) electrons. The van der Waals surface area contributed by atoms with Crippen LogP contribution in [0.2, 0.25) is 0 Å². The van der Waals surface area contributed by atoms with Crippen molar-refractivity contribution in [1.82, 2.24) is 14.8 Å². The zero-order valence-electron chi connectivity index (χ0n) is 18.5. The van der Waals surface area contributed by atoms with Gasteiger partial charge in [0.1, 0.15) is 11.5 Å². The molecule has 1 aromatic carbocycles. The molecule has 2 aromatic rings. The van der Waals surface area contributed by atoms with Gasteiger partial charge in [-0.05, 0) is 55.4 Å². The van der Waals surface area contributed by atoms with Crippen LogP contribution >= 0.6 is 0 Å². The van der Waals surface area contributed by atoms with Crippen LogP contribution in [0, 0.1) is 6.92 Å². The van der Waals surface area contributed by atoms with Gasteiger partial charge in [0.2, 0.25) is 0 Å². The second-order valence-corrected chi connectivity index (χ2v) is 7.49. The van der Waals surface area contributed by atoms with E-state index in [1.165, 1.54) is 0 Å². The van der Waals surface area contributed by atoms with Crippen LogP contribution in [-0.2, 0) is 9.59 Å².